The third-order valence-electron chi connectivity index (χ3n) is 3.72. The fourth-order valence-electron chi connectivity index (χ4n) is 2.63. The number of amides is 1. The molecule has 1 aliphatic rings. The van der Waals surface area contributed by atoms with Crippen LogP contribution in [0.3, 0.4) is 0 Å². The van der Waals surface area contributed by atoms with E-state index in [1.54, 1.807) is 0 Å². The van der Waals surface area contributed by atoms with Gasteiger partial charge in [-0.25, -0.2) is 0 Å². The Morgan fingerprint density at radius 1 is 1.47 bits per heavy atom. The van der Waals surface area contributed by atoms with Gasteiger partial charge in [0.15, 0.2) is 0 Å². The van der Waals surface area contributed by atoms with Gasteiger partial charge in [0.05, 0.1) is 0 Å². The van der Waals surface area contributed by atoms with Gasteiger partial charge in [0.2, 0.25) is 5.91 Å². The summed E-state index contributed by atoms with van der Waals surface area (Å²) in [5.74, 6) is 0.190. The first-order valence-corrected chi connectivity index (χ1v) is 6.53. The fraction of sp³-hybridized carbons (Fsp3) is 0.923. The largest absolute Gasteiger partial charge is 0.338 e. The van der Waals surface area contributed by atoms with Crippen LogP contribution in [0, 0.1) is 5.41 Å². The Kier molecular flexibility index (Phi) is 4.55. The minimum absolute atomic E-state index is 0.123. The van der Waals surface area contributed by atoms with Gasteiger partial charge in [0.1, 0.15) is 6.04 Å². The average molecular weight is 241 g/mol. The molecule has 4 nitrogen and oxygen atoms in total. The topological polar surface area (TPSA) is 49.6 Å². The number of nitrogens with zero attached hydrogens (tertiary/aromatic N) is 2. The highest BCUT2D eigenvalue weighted by Crippen LogP contribution is 2.26. The normalized spacial score (nSPS) is 28.0. The predicted molar refractivity (Wildman–Crippen MR) is 70.7 cm³/mol. The van der Waals surface area contributed by atoms with Crippen LogP contribution in [-0.4, -0.2) is 54.5 Å². The van der Waals surface area contributed by atoms with E-state index < -0.39 is 0 Å². The Bertz CT molecular complexity index is 278. The summed E-state index contributed by atoms with van der Waals surface area (Å²) in [6.45, 7) is 10.8. The third kappa shape index (κ3) is 3.19. The zero-order valence-electron chi connectivity index (χ0n) is 11.9. The standard InChI is InChI=1S/C13H27N3O/c1-6-10(2)16-9-13(3,4)8-15(5)11(7-14)12(16)17/h10-11H,6-9,14H2,1-5H3. The van der Waals surface area contributed by atoms with Crippen molar-refractivity contribution < 1.29 is 4.79 Å². The maximum absolute atomic E-state index is 12.5. The van der Waals surface area contributed by atoms with E-state index in [0.717, 1.165) is 19.5 Å². The molecule has 0 aromatic rings. The summed E-state index contributed by atoms with van der Waals surface area (Å²) in [7, 11) is 2.00. The average Bonchev–Trinajstić information content (AvgIpc) is 2.32. The van der Waals surface area contributed by atoms with Gasteiger partial charge in [-0.3, -0.25) is 9.69 Å². The smallest absolute Gasteiger partial charge is 0.241 e. The summed E-state index contributed by atoms with van der Waals surface area (Å²) < 4.78 is 0. The van der Waals surface area contributed by atoms with Crippen LogP contribution in [0.1, 0.15) is 34.1 Å². The molecule has 17 heavy (non-hydrogen) atoms. The molecule has 4 heteroatoms. The highest BCUT2D eigenvalue weighted by Gasteiger charge is 2.38. The lowest BCUT2D eigenvalue weighted by Gasteiger charge is -2.33. The van der Waals surface area contributed by atoms with E-state index in [1.807, 2.05) is 11.9 Å². The molecule has 1 saturated heterocycles. The van der Waals surface area contributed by atoms with Gasteiger partial charge in [0.25, 0.3) is 0 Å². The van der Waals surface area contributed by atoms with Crippen LogP contribution in [0.2, 0.25) is 0 Å². The molecule has 0 radical (unpaired) electrons. The summed E-state index contributed by atoms with van der Waals surface area (Å²) in [4.78, 5) is 16.6. The number of rotatable bonds is 3. The van der Waals surface area contributed by atoms with Crippen LogP contribution in [0.4, 0.5) is 0 Å². The third-order valence-corrected chi connectivity index (χ3v) is 3.72. The molecule has 2 unspecified atom stereocenters. The monoisotopic (exact) mass is 241 g/mol. The molecule has 1 heterocycles. The van der Waals surface area contributed by atoms with E-state index in [2.05, 4.69) is 32.6 Å². The van der Waals surface area contributed by atoms with Gasteiger partial charge in [0, 0.05) is 25.7 Å². The molecule has 1 amide bonds. The van der Waals surface area contributed by atoms with Gasteiger partial charge in [-0.2, -0.15) is 0 Å². The lowest BCUT2D eigenvalue weighted by atomic mass is 9.92. The van der Waals surface area contributed by atoms with Crippen LogP contribution >= 0.6 is 0 Å². The van der Waals surface area contributed by atoms with Crippen molar-refractivity contribution >= 4 is 5.91 Å². The second-order valence-electron chi connectivity index (χ2n) is 6.05. The number of hydrogen-bond acceptors (Lipinski definition) is 3. The zero-order chi connectivity index (χ0) is 13.2. The molecule has 100 valence electrons. The van der Waals surface area contributed by atoms with E-state index in [0.29, 0.717) is 12.6 Å². The number of carbonyl (C=O) groups is 1. The highest BCUT2D eigenvalue weighted by atomic mass is 16.2. The summed E-state index contributed by atoms with van der Waals surface area (Å²) in [5, 5.41) is 0. The molecule has 1 fully saturated rings. The molecule has 0 saturated carbocycles. The predicted octanol–water partition coefficient (Wildman–Crippen LogP) is 0.912. The minimum Gasteiger partial charge on any atom is -0.338 e. The first-order valence-electron chi connectivity index (χ1n) is 6.53. The van der Waals surface area contributed by atoms with Crippen molar-refractivity contribution in [2.75, 3.05) is 26.7 Å². The molecule has 1 rings (SSSR count). The number of hydrogen-bond donors (Lipinski definition) is 1. The van der Waals surface area contributed by atoms with Crippen molar-refractivity contribution in [3.8, 4) is 0 Å². The van der Waals surface area contributed by atoms with Crippen molar-refractivity contribution in [1.29, 1.82) is 0 Å². The Labute approximate surface area is 105 Å². The zero-order valence-corrected chi connectivity index (χ0v) is 11.9. The van der Waals surface area contributed by atoms with E-state index in [4.69, 9.17) is 5.73 Å². The van der Waals surface area contributed by atoms with Crippen LogP contribution < -0.4 is 5.73 Å². The van der Waals surface area contributed by atoms with Crippen LogP contribution in [0.15, 0.2) is 0 Å². The SMILES string of the molecule is CCC(C)N1CC(C)(C)CN(C)C(CN)C1=O. The lowest BCUT2D eigenvalue weighted by Crippen LogP contribution is -2.50. The molecule has 0 spiro atoms. The van der Waals surface area contributed by atoms with Gasteiger partial charge in [-0.1, -0.05) is 20.8 Å². The van der Waals surface area contributed by atoms with Gasteiger partial charge in [-0.15, -0.1) is 0 Å². The molecule has 0 aliphatic carbocycles. The van der Waals surface area contributed by atoms with E-state index in [1.165, 1.54) is 0 Å². The second-order valence-corrected chi connectivity index (χ2v) is 6.05. The maximum atomic E-state index is 12.5. The maximum Gasteiger partial charge on any atom is 0.241 e. The molecular formula is C13H27N3O. The minimum atomic E-state index is -0.161. The molecular weight excluding hydrogens is 214 g/mol. The van der Waals surface area contributed by atoms with Crippen molar-refractivity contribution in [2.45, 2.75) is 46.2 Å². The highest BCUT2D eigenvalue weighted by molar-refractivity contribution is 5.82. The van der Waals surface area contributed by atoms with Gasteiger partial charge < -0.3 is 10.6 Å². The van der Waals surface area contributed by atoms with E-state index in [9.17, 15) is 4.79 Å². The fourth-order valence-corrected chi connectivity index (χ4v) is 2.63. The summed E-state index contributed by atoms with van der Waals surface area (Å²) in [5.41, 5.74) is 5.88. The summed E-state index contributed by atoms with van der Waals surface area (Å²) in [6.07, 6.45) is 0.989. The summed E-state index contributed by atoms with van der Waals surface area (Å²) in [6, 6.07) is 0.132. The molecule has 0 bridgehead atoms. The van der Waals surface area contributed by atoms with Crippen molar-refractivity contribution in [3.63, 3.8) is 0 Å². The molecule has 2 N–H and O–H groups in total. The van der Waals surface area contributed by atoms with Gasteiger partial charge in [-0.05, 0) is 25.8 Å². The quantitative estimate of drug-likeness (QED) is 0.799. The number of likely N-dealkylation sites (N-methyl/N-ethyl adjacent to an activating group) is 1. The molecule has 1 aliphatic heterocycles. The van der Waals surface area contributed by atoms with E-state index >= 15 is 0 Å². The Hall–Kier alpha value is -0.610. The van der Waals surface area contributed by atoms with Crippen LogP contribution in [-0.2, 0) is 4.79 Å². The molecule has 0 aromatic carbocycles. The molecule has 2 atom stereocenters. The Morgan fingerprint density at radius 2 is 2.06 bits per heavy atom. The van der Waals surface area contributed by atoms with Crippen molar-refractivity contribution in [3.05, 3.63) is 0 Å². The van der Waals surface area contributed by atoms with Crippen LogP contribution in [0.25, 0.3) is 0 Å². The number of nitrogens with two attached hydrogens (primary N) is 1. The first-order chi connectivity index (χ1) is 7.82. The molecule has 0 aromatic heterocycles. The van der Waals surface area contributed by atoms with Crippen molar-refractivity contribution in [2.24, 2.45) is 11.1 Å². The van der Waals surface area contributed by atoms with Crippen LogP contribution in [0.5, 0.6) is 0 Å². The number of carbonyl (C=O) groups excluding carboxylic acids is 1. The second kappa shape index (κ2) is 5.36. The Balaban J connectivity index is 3.00. The Morgan fingerprint density at radius 3 is 2.53 bits per heavy atom. The van der Waals surface area contributed by atoms with E-state index in [-0.39, 0.29) is 17.4 Å². The van der Waals surface area contributed by atoms with Crippen molar-refractivity contribution in [1.82, 2.24) is 9.80 Å². The van der Waals surface area contributed by atoms with Gasteiger partial charge >= 0.3 is 0 Å². The first kappa shape index (κ1) is 14.5. The lowest BCUT2D eigenvalue weighted by molar-refractivity contribution is -0.137. The summed E-state index contributed by atoms with van der Waals surface area (Å²) >= 11 is 0.